The molecule has 2 aliphatic rings. The Labute approximate surface area is 97.9 Å². The molecule has 0 unspecified atom stereocenters. The third-order valence-corrected chi connectivity index (χ3v) is 3.81. The van der Waals surface area contributed by atoms with Crippen LogP contribution in [0.2, 0.25) is 0 Å². The van der Waals surface area contributed by atoms with Gasteiger partial charge in [0.15, 0.2) is 0 Å². The van der Waals surface area contributed by atoms with Crippen LogP contribution in [-0.4, -0.2) is 23.2 Å². The molecule has 1 aliphatic carbocycles. The molecule has 0 aromatic carbocycles. The zero-order valence-electron chi connectivity index (χ0n) is 10.8. The van der Waals surface area contributed by atoms with Crippen molar-refractivity contribution < 1.29 is 4.79 Å². The van der Waals surface area contributed by atoms with Crippen molar-refractivity contribution in [1.82, 2.24) is 5.01 Å². The summed E-state index contributed by atoms with van der Waals surface area (Å²) in [6.45, 7) is 9.43. The Bertz CT molecular complexity index is 334. The highest BCUT2D eigenvalue weighted by Crippen LogP contribution is 2.41. The summed E-state index contributed by atoms with van der Waals surface area (Å²) < 4.78 is 0. The van der Waals surface area contributed by atoms with E-state index >= 15 is 0 Å². The van der Waals surface area contributed by atoms with Crippen molar-refractivity contribution in [3.05, 3.63) is 0 Å². The van der Waals surface area contributed by atoms with Crippen LogP contribution < -0.4 is 0 Å². The minimum absolute atomic E-state index is 0.0188. The Morgan fingerprint density at radius 1 is 1.38 bits per heavy atom. The van der Waals surface area contributed by atoms with Gasteiger partial charge < -0.3 is 0 Å². The van der Waals surface area contributed by atoms with Gasteiger partial charge in [0.2, 0.25) is 5.91 Å². The molecule has 0 spiro atoms. The highest BCUT2D eigenvalue weighted by atomic mass is 16.2. The summed E-state index contributed by atoms with van der Waals surface area (Å²) in [5.41, 5.74) is 1.37. The van der Waals surface area contributed by atoms with Crippen LogP contribution in [0.1, 0.15) is 53.4 Å². The third kappa shape index (κ3) is 2.13. The van der Waals surface area contributed by atoms with Gasteiger partial charge in [0.1, 0.15) is 0 Å². The highest BCUT2D eigenvalue weighted by molar-refractivity contribution is 6.07. The molecule has 2 rings (SSSR count). The van der Waals surface area contributed by atoms with Gasteiger partial charge in [-0.25, -0.2) is 5.01 Å². The quantitative estimate of drug-likeness (QED) is 0.707. The minimum atomic E-state index is 0.0188. The van der Waals surface area contributed by atoms with E-state index in [0.29, 0.717) is 11.8 Å². The van der Waals surface area contributed by atoms with E-state index in [1.54, 1.807) is 5.01 Å². The van der Waals surface area contributed by atoms with Crippen LogP contribution in [-0.2, 0) is 4.79 Å². The fourth-order valence-electron chi connectivity index (χ4n) is 2.31. The molecule has 0 N–H and O–H groups in total. The highest BCUT2D eigenvalue weighted by Gasteiger charge is 2.38. The third-order valence-electron chi connectivity index (χ3n) is 3.81. The Hall–Kier alpha value is -0.860. The van der Waals surface area contributed by atoms with Crippen molar-refractivity contribution in [2.45, 2.75) is 53.4 Å². The lowest BCUT2D eigenvalue weighted by molar-refractivity contribution is -0.130. The van der Waals surface area contributed by atoms with E-state index in [2.05, 4.69) is 32.8 Å². The normalized spacial score (nSPS) is 24.4. The van der Waals surface area contributed by atoms with E-state index in [4.69, 9.17) is 0 Å². The fourth-order valence-corrected chi connectivity index (χ4v) is 2.31. The van der Waals surface area contributed by atoms with E-state index in [-0.39, 0.29) is 11.3 Å². The van der Waals surface area contributed by atoms with Gasteiger partial charge in [-0.2, -0.15) is 5.10 Å². The summed E-state index contributed by atoms with van der Waals surface area (Å²) in [4.78, 5) is 11.9. The largest absolute Gasteiger partial charge is 0.273 e. The van der Waals surface area contributed by atoms with E-state index in [9.17, 15) is 4.79 Å². The molecule has 0 aromatic heterocycles. The first-order valence-electron chi connectivity index (χ1n) is 6.19. The maximum absolute atomic E-state index is 11.9. The second-order valence-electron chi connectivity index (χ2n) is 6.59. The zero-order valence-corrected chi connectivity index (χ0v) is 10.8. The predicted molar refractivity (Wildman–Crippen MR) is 65.2 cm³/mol. The van der Waals surface area contributed by atoms with Crippen molar-refractivity contribution in [2.75, 3.05) is 6.54 Å². The molecule has 3 heteroatoms. The summed E-state index contributed by atoms with van der Waals surface area (Å²) in [6, 6.07) is 0. The maximum atomic E-state index is 11.9. The first-order valence-corrected chi connectivity index (χ1v) is 6.19. The van der Waals surface area contributed by atoms with Gasteiger partial charge in [0, 0.05) is 12.0 Å². The van der Waals surface area contributed by atoms with E-state index in [0.717, 1.165) is 12.3 Å². The monoisotopic (exact) mass is 222 g/mol. The summed E-state index contributed by atoms with van der Waals surface area (Å²) in [5.74, 6) is 0.179. The standard InChI is InChI=1S/C13H22N2O/c1-12(2,3)10-8-11(16)15(14-10)9-13(4)6-5-7-13/h5-9H2,1-4H3. The Kier molecular flexibility index (Phi) is 2.59. The van der Waals surface area contributed by atoms with Crippen LogP contribution in [0.3, 0.4) is 0 Å². The second-order valence-corrected chi connectivity index (χ2v) is 6.59. The minimum Gasteiger partial charge on any atom is -0.273 e. The van der Waals surface area contributed by atoms with Crippen LogP contribution in [0.25, 0.3) is 0 Å². The van der Waals surface area contributed by atoms with Crippen LogP contribution in [0.4, 0.5) is 0 Å². The lowest BCUT2D eigenvalue weighted by Crippen LogP contribution is -2.38. The topological polar surface area (TPSA) is 32.7 Å². The predicted octanol–water partition coefficient (Wildman–Crippen LogP) is 2.81. The molecule has 3 nitrogen and oxygen atoms in total. The molecular formula is C13H22N2O. The van der Waals surface area contributed by atoms with Crippen molar-refractivity contribution in [3.8, 4) is 0 Å². The van der Waals surface area contributed by atoms with Crippen molar-refractivity contribution in [3.63, 3.8) is 0 Å². The van der Waals surface area contributed by atoms with Crippen molar-refractivity contribution in [2.24, 2.45) is 15.9 Å². The molecule has 1 saturated carbocycles. The Balaban J connectivity index is 2.05. The summed E-state index contributed by atoms with van der Waals surface area (Å²) in [6.07, 6.45) is 4.28. The molecule has 0 atom stereocenters. The number of carbonyl (C=O) groups is 1. The summed E-state index contributed by atoms with van der Waals surface area (Å²) in [5, 5.41) is 6.22. The number of hydrogen-bond donors (Lipinski definition) is 0. The molecule has 90 valence electrons. The van der Waals surface area contributed by atoms with E-state index < -0.39 is 0 Å². The van der Waals surface area contributed by atoms with Gasteiger partial charge in [-0.1, -0.05) is 34.1 Å². The molecule has 0 bridgehead atoms. The SMILES string of the molecule is CC1(CN2N=C(C(C)(C)C)CC2=O)CCC1. The molecule has 0 saturated heterocycles. The average Bonchev–Trinajstić information content (AvgIpc) is 2.44. The summed E-state index contributed by atoms with van der Waals surface area (Å²) in [7, 11) is 0. The van der Waals surface area contributed by atoms with Crippen LogP contribution in [0.5, 0.6) is 0 Å². The van der Waals surface area contributed by atoms with Gasteiger partial charge in [-0.3, -0.25) is 4.79 Å². The number of amides is 1. The molecule has 1 fully saturated rings. The first kappa shape index (κ1) is 11.6. The molecule has 1 amide bonds. The van der Waals surface area contributed by atoms with Crippen LogP contribution in [0.15, 0.2) is 5.10 Å². The Morgan fingerprint density at radius 3 is 2.38 bits per heavy atom. The maximum Gasteiger partial charge on any atom is 0.248 e. The van der Waals surface area contributed by atoms with Crippen molar-refractivity contribution >= 4 is 11.6 Å². The molecule has 0 aromatic rings. The van der Waals surface area contributed by atoms with Crippen LogP contribution in [0, 0.1) is 10.8 Å². The van der Waals surface area contributed by atoms with Gasteiger partial charge in [-0.15, -0.1) is 0 Å². The number of carbonyl (C=O) groups excluding carboxylic acids is 1. The zero-order chi connectivity index (χ0) is 12.0. The number of nitrogens with zero attached hydrogens (tertiary/aromatic N) is 2. The smallest absolute Gasteiger partial charge is 0.248 e. The van der Waals surface area contributed by atoms with E-state index in [1.165, 1.54) is 19.3 Å². The molecule has 1 aliphatic heterocycles. The van der Waals surface area contributed by atoms with Gasteiger partial charge in [0.25, 0.3) is 0 Å². The van der Waals surface area contributed by atoms with Gasteiger partial charge in [-0.05, 0) is 18.3 Å². The lowest BCUT2D eigenvalue weighted by Gasteiger charge is -2.40. The summed E-state index contributed by atoms with van der Waals surface area (Å²) >= 11 is 0. The number of hydrazone groups is 1. The second kappa shape index (κ2) is 3.57. The van der Waals surface area contributed by atoms with Crippen LogP contribution >= 0.6 is 0 Å². The van der Waals surface area contributed by atoms with Gasteiger partial charge >= 0.3 is 0 Å². The lowest BCUT2D eigenvalue weighted by atomic mass is 9.70. The molecule has 0 radical (unpaired) electrons. The van der Waals surface area contributed by atoms with Crippen molar-refractivity contribution in [1.29, 1.82) is 0 Å². The molecule has 16 heavy (non-hydrogen) atoms. The van der Waals surface area contributed by atoms with E-state index in [1.807, 2.05) is 0 Å². The Morgan fingerprint density at radius 2 is 2.00 bits per heavy atom. The van der Waals surface area contributed by atoms with Gasteiger partial charge in [0.05, 0.1) is 12.1 Å². The molecule has 1 heterocycles. The molecular weight excluding hydrogens is 200 g/mol. The number of hydrogen-bond acceptors (Lipinski definition) is 2. The first-order chi connectivity index (χ1) is 7.30. The average molecular weight is 222 g/mol. The fraction of sp³-hybridized carbons (Fsp3) is 0.846. The number of rotatable bonds is 2.